The van der Waals surface area contributed by atoms with Crippen molar-refractivity contribution in [1.29, 1.82) is 0 Å². The topological polar surface area (TPSA) is 73.3 Å². The lowest BCUT2D eigenvalue weighted by Gasteiger charge is -2.22. The Kier molecular flexibility index (Phi) is 6.76. The van der Waals surface area contributed by atoms with Gasteiger partial charge in [-0.25, -0.2) is 5.01 Å². The van der Waals surface area contributed by atoms with E-state index in [0.717, 1.165) is 50.1 Å². The van der Waals surface area contributed by atoms with Crippen LogP contribution < -0.4 is 14.2 Å². The zero-order chi connectivity index (χ0) is 27.0. The number of nitrogens with zero attached hydrogens (tertiary/aromatic N) is 3. The van der Waals surface area contributed by atoms with Crippen molar-refractivity contribution in [3.8, 4) is 28.4 Å². The van der Waals surface area contributed by atoms with E-state index < -0.39 is 0 Å². The molecule has 3 aromatic carbocycles. The smallest absolute Gasteiger partial charge is 0.240 e. The number of ether oxygens (including phenoxy) is 3. The standard InChI is InChI=1S/C31H31N3O4/c1-18-12-13-24-23(14-18)30(21-10-8-7-9-11-21)29(19(2)32-24)25-17-26(34(33-25)20(3)35)22-15-27(36-4)31(38-6)28(16-22)37-5/h7-16,26H,17H2,1-6H3/t26-/m1/s1. The summed E-state index contributed by atoms with van der Waals surface area (Å²) in [4.78, 5) is 17.8. The van der Waals surface area contributed by atoms with Crippen molar-refractivity contribution in [2.24, 2.45) is 5.10 Å². The summed E-state index contributed by atoms with van der Waals surface area (Å²) >= 11 is 0. The lowest BCUT2D eigenvalue weighted by molar-refractivity contribution is -0.130. The first-order valence-electron chi connectivity index (χ1n) is 12.5. The summed E-state index contributed by atoms with van der Waals surface area (Å²) in [6, 6.07) is 20.0. The van der Waals surface area contributed by atoms with E-state index in [9.17, 15) is 4.79 Å². The molecular formula is C31H31N3O4. The zero-order valence-corrected chi connectivity index (χ0v) is 22.5. The zero-order valence-electron chi connectivity index (χ0n) is 22.5. The number of carbonyl (C=O) groups is 1. The molecule has 2 heterocycles. The Morgan fingerprint density at radius 1 is 0.895 bits per heavy atom. The number of hydrazone groups is 1. The fourth-order valence-electron chi connectivity index (χ4n) is 5.26. The molecule has 0 N–H and O–H groups in total. The van der Waals surface area contributed by atoms with Gasteiger partial charge in [-0.3, -0.25) is 9.78 Å². The van der Waals surface area contributed by atoms with Gasteiger partial charge in [-0.15, -0.1) is 0 Å². The molecule has 194 valence electrons. The maximum absolute atomic E-state index is 12.9. The molecule has 38 heavy (non-hydrogen) atoms. The molecule has 1 aliphatic heterocycles. The summed E-state index contributed by atoms with van der Waals surface area (Å²) in [5.74, 6) is 1.41. The first-order chi connectivity index (χ1) is 18.4. The highest BCUT2D eigenvalue weighted by molar-refractivity contribution is 6.14. The van der Waals surface area contributed by atoms with Crippen molar-refractivity contribution in [2.75, 3.05) is 21.3 Å². The first-order valence-corrected chi connectivity index (χ1v) is 12.5. The minimum absolute atomic E-state index is 0.151. The monoisotopic (exact) mass is 509 g/mol. The average molecular weight is 510 g/mol. The van der Waals surface area contributed by atoms with Crippen LogP contribution >= 0.6 is 0 Å². The molecule has 5 rings (SSSR count). The van der Waals surface area contributed by atoms with Crippen molar-refractivity contribution in [3.63, 3.8) is 0 Å². The fourth-order valence-corrected chi connectivity index (χ4v) is 5.26. The van der Waals surface area contributed by atoms with E-state index in [1.54, 1.807) is 26.3 Å². The average Bonchev–Trinajstić information content (AvgIpc) is 3.37. The van der Waals surface area contributed by atoms with Gasteiger partial charge in [0.15, 0.2) is 11.5 Å². The summed E-state index contributed by atoms with van der Waals surface area (Å²) in [5.41, 5.74) is 7.72. The molecule has 7 nitrogen and oxygen atoms in total. The third-order valence-electron chi connectivity index (χ3n) is 6.98. The van der Waals surface area contributed by atoms with Crippen LogP contribution in [0, 0.1) is 13.8 Å². The van der Waals surface area contributed by atoms with Gasteiger partial charge in [0.1, 0.15) is 0 Å². The van der Waals surface area contributed by atoms with Crippen LogP contribution in [0.2, 0.25) is 0 Å². The fraction of sp³-hybridized carbons (Fsp3) is 0.258. The van der Waals surface area contributed by atoms with Crippen molar-refractivity contribution in [2.45, 2.75) is 33.2 Å². The molecule has 4 aromatic rings. The molecule has 1 atom stereocenters. The molecule has 0 aliphatic carbocycles. The molecule has 0 spiro atoms. The number of carbonyl (C=O) groups excluding carboxylic acids is 1. The van der Waals surface area contributed by atoms with E-state index in [-0.39, 0.29) is 11.9 Å². The maximum atomic E-state index is 12.9. The number of benzene rings is 3. The minimum atomic E-state index is -0.340. The van der Waals surface area contributed by atoms with Gasteiger partial charge in [-0.1, -0.05) is 42.0 Å². The lowest BCUT2D eigenvalue weighted by atomic mass is 9.89. The predicted molar refractivity (Wildman–Crippen MR) is 149 cm³/mol. The van der Waals surface area contributed by atoms with Crippen molar-refractivity contribution in [3.05, 3.63) is 83.0 Å². The number of hydrogen-bond acceptors (Lipinski definition) is 6. The maximum Gasteiger partial charge on any atom is 0.240 e. The van der Waals surface area contributed by atoms with E-state index in [1.165, 1.54) is 6.92 Å². The molecule has 1 aliphatic rings. The largest absolute Gasteiger partial charge is 0.493 e. The quantitative estimate of drug-likeness (QED) is 0.308. The van der Waals surface area contributed by atoms with Crippen LogP contribution in [-0.2, 0) is 4.79 Å². The molecule has 1 aromatic heterocycles. The van der Waals surface area contributed by atoms with E-state index in [2.05, 4.69) is 37.3 Å². The number of fused-ring (bicyclic) bond motifs is 1. The second kappa shape index (κ2) is 10.2. The highest BCUT2D eigenvalue weighted by Crippen LogP contribution is 2.44. The highest BCUT2D eigenvalue weighted by Gasteiger charge is 2.35. The van der Waals surface area contributed by atoms with Crippen molar-refractivity contribution in [1.82, 2.24) is 9.99 Å². The number of aryl methyl sites for hydroxylation is 2. The van der Waals surface area contributed by atoms with E-state index in [1.807, 2.05) is 37.3 Å². The second-order valence-corrected chi connectivity index (χ2v) is 9.42. The third kappa shape index (κ3) is 4.34. The molecular weight excluding hydrogens is 478 g/mol. The van der Waals surface area contributed by atoms with Gasteiger partial charge in [0, 0.05) is 35.6 Å². The lowest BCUT2D eigenvalue weighted by Crippen LogP contribution is -2.24. The van der Waals surface area contributed by atoms with Crippen molar-refractivity contribution >= 4 is 22.5 Å². The van der Waals surface area contributed by atoms with Gasteiger partial charge >= 0.3 is 0 Å². The summed E-state index contributed by atoms with van der Waals surface area (Å²) in [7, 11) is 4.73. The van der Waals surface area contributed by atoms with Crippen molar-refractivity contribution < 1.29 is 19.0 Å². The molecule has 0 fully saturated rings. The highest BCUT2D eigenvalue weighted by atomic mass is 16.5. The Morgan fingerprint density at radius 2 is 1.58 bits per heavy atom. The number of pyridine rings is 1. The predicted octanol–water partition coefficient (Wildman–Crippen LogP) is 6.24. The molecule has 0 saturated heterocycles. The summed E-state index contributed by atoms with van der Waals surface area (Å²) in [6.45, 7) is 5.62. The van der Waals surface area contributed by atoms with Gasteiger partial charge in [-0.05, 0) is 49.2 Å². The second-order valence-electron chi connectivity index (χ2n) is 9.42. The van der Waals surface area contributed by atoms with E-state index >= 15 is 0 Å². The Balaban J connectivity index is 1.70. The normalized spacial score (nSPS) is 14.9. The van der Waals surface area contributed by atoms with Crippen LogP contribution in [-0.4, -0.2) is 42.9 Å². The van der Waals surface area contributed by atoms with Crippen LogP contribution in [0.5, 0.6) is 17.2 Å². The SMILES string of the molecule is COc1cc([C@H]2CC(c3c(C)nc4ccc(C)cc4c3-c3ccccc3)=NN2C(C)=O)cc(OC)c1OC. The summed E-state index contributed by atoms with van der Waals surface area (Å²) in [5, 5.41) is 7.50. The molecule has 0 saturated carbocycles. The Morgan fingerprint density at radius 3 is 2.18 bits per heavy atom. The van der Waals surface area contributed by atoms with Gasteiger partial charge in [0.05, 0.1) is 38.6 Å². The molecule has 0 radical (unpaired) electrons. The van der Waals surface area contributed by atoms with Crippen LogP contribution in [0.25, 0.3) is 22.0 Å². The van der Waals surface area contributed by atoms with Gasteiger partial charge in [-0.2, -0.15) is 5.10 Å². The van der Waals surface area contributed by atoms with Crippen LogP contribution in [0.3, 0.4) is 0 Å². The molecule has 0 bridgehead atoms. The number of rotatable bonds is 6. The van der Waals surface area contributed by atoms with Gasteiger partial charge in [0.25, 0.3) is 0 Å². The van der Waals surface area contributed by atoms with Crippen LogP contribution in [0.1, 0.15) is 41.8 Å². The van der Waals surface area contributed by atoms with Crippen LogP contribution in [0.4, 0.5) is 0 Å². The molecule has 1 amide bonds. The Hall–Kier alpha value is -4.39. The minimum Gasteiger partial charge on any atom is -0.493 e. The number of aromatic nitrogens is 1. The Bertz CT molecular complexity index is 1540. The van der Waals surface area contributed by atoms with E-state index in [4.69, 9.17) is 24.3 Å². The summed E-state index contributed by atoms with van der Waals surface area (Å²) < 4.78 is 16.7. The Labute approximate surface area is 222 Å². The number of amides is 1. The van der Waals surface area contributed by atoms with E-state index in [0.29, 0.717) is 23.7 Å². The van der Waals surface area contributed by atoms with Crippen LogP contribution in [0.15, 0.2) is 65.8 Å². The molecule has 7 heteroatoms. The third-order valence-corrected chi connectivity index (χ3v) is 6.98. The molecule has 0 unspecified atom stereocenters. The first kappa shape index (κ1) is 25.3. The number of hydrogen-bond donors (Lipinski definition) is 0. The van der Waals surface area contributed by atoms with Gasteiger partial charge < -0.3 is 14.2 Å². The van der Waals surface area contributed by atoms with Gasteiger partial charge in [0.2, 0.25) is 11.7 Å². The summed E-state index contributed by atoms with van der Waals surface area (Å²) in [6.07, 6.45) is 0.512. The number of methoxy groups -OCH3 is 3.